The molecule has 0 aliphatic carbocycles. The SMILES string of the molecule is COc1cccc(CNCCN(C)C)c1F. The van der Waals surface area contributed by atoms with Crippen LogP contribution in [0.25, 0.3) is 0 Å². The molecule has 1 aromatic rings. The number of ether oxygens (including phenoxy) is 1. The van der Waals surface area contributed by atoms with Crippen LogP contribution in [0.5, 0.6) is 5.75 Å². The average Bonchev–Trinajstić information content (AvgIpc) is 2.26. The third kappa shape index (κ3) is 3.79. The second-order valence-corrected chi connectivity index (χ2v) is 3.91. The predicted octanol–water partition coefficient (Wildman–Crippen LogP) is 1.49. The van der Waals surface area contributed by atoms with Gasteiger partial charge < -0.3 is 15.0 Å². The summed E-state index contributed by atoms with van der Waals surface area (Å²) in [7, 11) is 5.49. The Bertz CT molecular complexity index is 329. The summed E-state index contributed by atoms with van der Waals surface area (Å²) in [5.41, 5.74) is 0.637. The van der Waals surface area contributed by atoms with E-state index in [1.165, 1.54) is 7.11 Å². The van der Waals surface area contributed by atoms with Gasteiger partial charge in [0.1, 0.15) is 0 Å². The van der Waals surface area contributed by atoms with Gasteiger partial charge in [0.2, 0.25) is 0 Å². The van der Waals surface area contributed by atoms with Gasteiger partial charge in [-0.2, -0.15) is 0 Å². The summed E-state index contributed by atoms with van der Waals surface area (Å²) in [6.07, 6.45) is 0. The van der Waals surface area contributed by atoms with Crippen LogP contribution in [0, 0.1) is 5.82 Å². The highest BCUT2D eigenvalue weighted by Crippen LogP contribution is 2.19. The second-order valence-electron chi connectivity index (χ2n) is 3.91. The van der Waals surface area contributed by atoms with Crippen LogP contribution in [0.15, 0.2) is 18.2 Å². The summed E-state index contributed by atoms with van der Waals surface area (Å²) >= 11 is 0. The van der Waals surface area contributed by atoms with Gasteiger partial charge in [-0.25, -0.2) is 4.39 Å². The monoisotopic (exact) mass is 226 g/mol. The molecule has 0 fully saturated rings. The minimum atomic E-state index is -0.276. The first-order chi connectivity index (χ1) is 7.65. The number of hydrogen-bond acceptors (Lipinski definition) is 3. The first-order valence-corrected chi connectivity index (χ1v) is 5.32. The number of nitrogens with zero attached hydrogens (tertiary/aromatic N) is 1. The molecule has 0 spiro atoms. The van der Waals surface area contributed by atoms with Gasteiger partial charge in [0.15, 0.2) is 11.6 Å². The van der Waals surface area contributed by atoms with E-state index in [0.717, 1.165) is 13.1 Å². The highest BCUT2D eigenvalue weighted by molar-refractivity contribution is 5.30. The van der Waals surface area contributed by atoms with Crippen LogP contribution in [-0.4, -0.2) is 39.2 Å². The Kier molecular flexibility index (Phi) is 5.22. The third-order valence-electron chi connectivity index (χ3n) is 2.31. The molecule has 0 aliphatic heterocycles. The van der Waals surface area contributed by atoms with Crippen LogP contribution in [-0.2, 0) is 6.54 Å². The van der Waals surface area contributed by atoms with Crippen molar-refractivity contribution in [3.05, 3.63) is 29.6 Å². The van der Waals surface area contributed by atoms with Crippen molar-refractivity contribution < 1.29 is 9.13 Å². The minimum absolute atomic E-state index is 0.276. The summed E-state index contributed by atoms with van der Waals surface area (Å²) in [5, 5.41) is 3.19. The highest BCUT2D eigenvalue weighted by Gasteiger charge is 2.07. The van der Waals surface area contributed by atoms with Crippen molar-refractivity contribution in [2.24, 2.45) is 0 Å². The summed E-state index contributed by atoms with van der Waals surface area (Å²) in [5.74, 6) is 0.0225. The van der Waals surface area contributed by atoms with Crippen molar-refractivity contribution in [2.75, 3.05) is 34.3 Å². The molecular weight excluding hydrogens is 207 g/mol. The molecule has 1 rings (SSSR count). The molecule has 0 atom stereocenters. The van der Waals surface area contributed by atoms with E-state index < -0.39 is 0 Å². The van der Waals surface area contributed by atoms with E-state index in [4.69, 9.17) is 4.74 Å². The lowest BCUT2D eigenvalue weighted by Crippen LogP contribution is -2.26. The Labute approximate surface area is 96.2 Å². The van der Waals surface area contributed by atoms with Gasteiger partial charge >= 0.3 is 0 Å². The maximum absolute atomic E-state index is 13.7. The smallest absolute Gasteiger partial charge is 0.169 e. The Morgan fingerprint density at radius 2 is 2.12 bits per heavy atom. The first kappa shape index (κ1) is 12.9. The Hall–Kier alpha value is -1.13. The summed E-state index contributed by atoms with van der Waals surface area (Å²) in [4.78, 5) is 2.08. The zero-order valence-electron chi connectivity index (χ0n) is 10.1. The summed E-state index contributed by atoms with van der Waals surface area (Å²) in [6.45, 7) is 2.30. The lowest BCUT2D eigenvalue weighted by Gasteiger charge is -2.11. The Morgan fingerprint density at radius 1 is 1.38 bits per heavy atom. The van der Waals surface area contributed by atoms with E-state index in [2.05, 4.69) is 10.2 Å². The van der Waals surface area contributed by atoms with Gasteiger partial charge in [0.25, 0.3) is 0 Å². The Morgan fingerprint density at radius 3 is 2.75 bits per heavy atom. The summed E-state index contributed by atoms with van der Waals surface area (Å²) in [6, 6.07) is 5.18. The molecule has 1 N–H and O–H groups in total. The van der Waals surface area contributed by atoms with Gasteiger partial charge in [-0.1, -0.05) is 12.1 Å². The van der Waals surface area contributed by atoms with Gasteiger partial charge in [0, 0.05) is 25.2 Å². The predicted molar refractivity (Wildman–Crippen MR) is 63.2 cm³/mol. The van der Waals surface area contributed by atoms with E-state index >= 15 is 0 Å². The number of halogens is 1. The molecule has 4 heteroatoms. The van der Waals surface area contributed by atoms with E-state index in [9.17, 15) is 4.39 Å². The molecule has 1 aromatic carbocycles. The van der Waals surface area contributed by atoms with Gasteiger partial charge in [-0.15, -0.1) is 0 Å². The van der Waals surface area contributed by atoms with Crippen molar-refractivity contribution in [1.82, 2.24) is 10.2 Å². The average molecular weight is 226 g/mol. The van der Waals surface area contributed by atoms with E-state index in [1.807, 2.05) is 14.1 Å². The maximum Gasteiger partial charge on any atom is 0.169 e. The lowest BCUT2D eigenvalue weighted by atomic mass is 10.2. The van der Waals surface area contributed by atoms with Gasteiger partial charge in [-0.05, 0) is 20.2 Å². The first-order valence-electron chi connectivity index (χ1n) is 5.32. The van der Waals surface area contributed by atoms with Crippen LogP contribution in [0.2, 0.25) is 0 Å². The number of benzene rings is 1. The molecule has 0 unspecified atom stereocenters. The van der Waals surface area contributed by atoms with Crippen molar-refractivity contribution in [1.29, 1.82) is 0 Å². The van der Waals surface area contributed by atoms with E-state index in [1.54, 1.807) is 18.2 Å². The van der Waals surface area contributed by atoms with Crippen LogP contribution >= 0.6 is 0 Å². The molecule has 0 aromatic heterocycles. The molecular formula is C12H19FN2O. The van der Waals surface area contributed by atoms with E-state index in [-0.39, 0.29) is 5.82 Å². The highest BCUT2D eigenvalue weighted by atomic mass is 19.1. The maximum atomic E-state index is 13.7. The van der Waals surface area contributed by atoms with Crippen molar-refractivity contribution in [3.63, 3.8) is 0 Å². The van der Waals surface area contributed by atoms with Crippen molar-refractivity contribution in [3.8, 4) is 5.75 Å². The number of methoxy groups -OCH3 is 1. The molecule has 0 saturated heterocycles. The third-order valence-corrected chi connectivity index (χ3v) is 2.31. The molecule has 0 bridgehead atoms. The molecule has 16 heavy (non-hydrogen) atoms. The number of likely N-dealkylation sites (N-methyl/N-ethyl adjacent to an activating group) is 1. The van der Waals surface area contributed by atoms with Crippen molar-refractivity contribution >= 4 is 0 Å². The lowest BCUT2D eigenvalue weighted by molar-refractivity contribution is 0.380. The fourth-order valence-electron chi connectivity index (χ4n) is 1.38. The van der Waals surface area contributed by atoms with E-state index in [0.29, 0.717) is 17.9 Å². The standard InChI is InChI=1S/C12H19FN2O/c1-15(2)8-7-14-9-10-5-4-6-11(16-3)12(10)13/h4-6,14H,7-9H2,1-3H3. The topological polar surface area (TPSA) is 24.5 Å². The fourth-order valence-corrected chi connectivity index (χ4v) is 1.38. The van der Waals surface area contributed by atoms with Crippen LogP contribution < -0.4 is 10.1 Å². The number of rotatable bonds is 6. The van der Waals surface area contributed by atoms with Crippen molar-refractivity contribution in [2.45, 2.75) is 6.54 Å². The molecule has 3 nitrogen and oxygen atoms in total. The quantitative estimate of drug-likeness (QED) is 0.744. The molecule has 0 heterocycles. The number of hydrogen-bond donors (Lipinski definition) is 1. The number of nitrogens with one attached hydrogen (secondary N) is 1. The molecule has 0 amide bonds. The Balaban J connectivity index is 2.47. The van der Waals surface area contributed by atoms with Crippen LogP contribution in [0.4, 0.5) is 4.39 Å². The normalized spacial score (nSPS) is 10.8. The molecule has 90 valence electrons. The second kappa shape index (κ2) is 6.45. The minimum Gasteiger partial charge on any atom is -0.494 e. The largest absolute Gasteiger partial charge is 0.494 e. The zero-order chi connectivity index (χ0) is 12.0. The van der Waals surface area contributed by atoms with Gasteiger partial charge in [0.05, 0.1) is 7.11 Å². The molecule has 0 saturated carbocycles. The van der Waals surface area contributed by atoms with Crippen LogP contribution in [0.1, 0.15) is 5.56 Å². The molecule has 0 aliphatic rings. The van der Waals surface area contributed by atoms with Crippen LogP contribution in [0.3, 0.4) is 0 Å². The zero-order valence-corrected chi connectivity index (χ0v) is 10.1. The summed E-state index contributed by atoms with van der Waals surface area (Å²) < 4.78 is 18.6. The fraction of sp³-hybridized carbons (Fsp3) is 0.500. The van der Waals surface area contributed by atoms with Gasteiger partial charge in [-0.3, -0.25) is 0 Å². The molecule has 0 radical (unpaired) electrons.